The molecule has 0 spiro atoms. The predicted molar refractivity (Wildman–Crippen MR) is 249 cm³/mol. The van der Waals surface area contributed by atoms with Crippen LogP contribution in [0.25, 0.3) is 33.1 Å². The fraction of sp³-hybridized carbons (Fsp3) is 0.578. The third-order valence-corrected chi connectivity index (χ3v) is 20.0. The second kappa shape index (κ2) is 17.0. The Hall–Kier alpha value is -3.34. The molecule has 1 aliphatic carbocycles. The van der Waals surface area contributed by atoms with Gasteiger partial charge in [-0.3, -0.25) is 4.98 Å². The molecule has 0 aliphatic heterocycles. The van der Waals surface area contributed by atoms with E-state index < -0.39 is 31.8 Å². The van der Waals surface area contributed by atoms with E-state index in [9.17, 15) is 0 Å². The fourth-order valence-corrected chi connectivity index (χ4v) is 10.5. The van der Waals surface area contributed by atoms with Crippen molar-refractivity contribution in [3.63, 3.8) is 0 Å². The number of pyridine rings is 1. The van der Waals surface area contributed by atoms with Crippen molar-refractivity contribution in [2.24, 2.45) is 0 Å². The fourth-order valence-electron chi connectivity index (χ4n) is 7.38. The first-order chi connectivity index (χ1) is 27.0. The van der Waals surface area contributed by atoms with Crippen LogP contribution in [0.15, 0.2) is 54.9 Å². The smallest absolute Gasteiger partial charge is 0.209 e. The molecule has 0 unspecified atom stereocenters. The van der Waals surface area contributed by atoms with Gasteiger partial charge in [0.15, 0.2) is 23.9 Å². The lowest BCUT2D eigenvalue weighted by molar-refractivity contribution is 0.0819. The second-order valence-electron chi connectivity index (χ2n) is 20.8. The number of benzene rings is 2. The summed E-state index contributed by atoms with van der Waals surface area (Å²) < 4.78 is 30.0. The van der Waals surface area contributed by atoms with Gasteiger partial charge in [0.1, 0.15) is 12.5 Å². The molecule has 316 valence electrons. The number of methoxy groups -OCH3 is 1. The van der Waals surface area contributed by atoms with E-state index in [0.29, 0.717) is 13.3 Å². The number of rotatable bonds is 15. The molecule has 3 heterocycles. The summed E-state index contributed by atoms with van der Waals surface area (Å²) in [5, 5.41) is 10.3. The molecule has 0 bridgehead atoms. The second-order valence-corrected chi connectivity index (χ2v) is 33.9. The molecule has 10 nitrogen and oxygen atoms in total. The summed E-state index contributed by atoms with van der Waals surface area (Å²) in [6, 6.07) is 16.4. The van der Waals surface area contributed by atoms with E-state index in [0.717, 1.165) is 87.9 Å². The van der Waals surface area contributed by atoms with E-state index in [4.69, 9.17) is 28.4 Å². The highest BCUT2D eigenvalue weighted by Gasteiger charge is 2.40. The maximum atomic E-state index is 6.95. The van der Waals surface area contributed by atoms with E-state index in [1.54, 1.807) is 13.3 Å². The van der Waals surface area contributed by atoms with E-state index in [-0.39, 0.29) is 22.2 Å². The maximum Gasteiger partial charge on any atom is 0.209 e. The van der Waals surface area contributed by atoms with Crippen LogP contribution in [0.2, 0.25) is 48.9 Å². The van der Waals surface area contributed by atoms with Crippen LogP contribution in [0.4, 0.5) is 11.8 Å². The first-order valence-electron chi connectivity index (χ1n) is 21.2. The summed E-state index contributed by atoms with van der Waals surface area (Å²) >= 11 is 0. The summed E-state index contributed by atoms with van der Waals surface area (Å²) in [7, 11) is -2.21. The summed E-state index contributed by atoms with van der Waals surface area (Å²) in [6.45, 7) is 31.1. The highest BCUT2D eigenvalue weighted by atomic mass is 28.4. The molecule has 0 radical (unpaired) electrons. The van der Waals surface area contributed by atoms with E-state index in [2.05, 4.69) is 139 Å². The van der Waals surface area contributed by atoms with Crippen LogP contribution in [0.5, 0.6) is 5.75 Å². The summed E-state index contributed by atoms with van der Waals surface area (Å²) in [5.41, 5.74) is 5.69. The summed E-state index contributed by atoms with van der Waals surface area (Å²) in [6.07, 6.45) is 7.96. The number of hydrogen-bond donors (Lipinski definition) is 1. The van der Waals surface area contributed by atoms with Crippen LogP contribution < -0.4 is 10.1 Å². The SMILES string of the molecule is COc1ccncc1-c1ccc2c(c1)c(Nc1nc3cc(C(C)(C)O[SiH2]C(C)(C)C)ccc3n1C1CCC(O[Si](C)(C)C(C)(C)C)CC1)nn2COCC[Si](C)(C)C. The minimum Gasteiger partial charge on any atom is -0.496 e. The summed E-state index contributed by atoms with van der Waals surface area (Å²) in [5.74, 6) is 2.30. The van der Waals surface area contributed by atoms with E-state index in [1.165, 1.54) is 0 Å². The minimum absolute atomic E-state index is 0.180. The molecule has 5 aromatic rings. The van der Waals surface area contributed by atoms with Crippen LogP contribution in [0.3, 0.4) is 0 Å². The first-order valence-corrected chi connectivity index (χ1v) is 29.1. The lowest BCUT2D eigenvalue weighted by atomic mass is 9.92. The Labute approximate surface area is 351 Å². The zero-order valence-corrected chi connectivity index (χ0v) is 41.3. The van der Waals surface area contributed by atoms with Crippen molar-refractivity contribution in [2.75, 3.05) is 19.0 Å². The topological polar surface area (TPSA) is 97.5 Å². The molecule has 1 saturated carbocycles. The van der Waals surface area contributed by atoms with Gasteiger partial charge < -0.3 is 28.2 Å². The van der Waals surface area contributed by atoms with Gasteiger partial charge in [0.05, 0.1) is 29.3 Å². The molecule has 58 heavy (non-hydrogen) atoms. The Morgan fingerprint density at radius 3 is 2.24 bits per heavy atom. The molecule has 3 aromatic heterocycles. The molecular formula is C45H70N6O4Si3. The molecule has 13 heteroatoms. The van der Waals surface area contributed by atoms with Crippen LogP contribution in [-0.4, -0.2) is 70.3 Å². The number of nitrogens with one attached hydrogen (secondary N) is 1. The van der Waals surface area contributed by atoms with Gasteiger partial charge >= 0.3 is 0 Å². The van der Waals surface area contributed by atoms with Crippen molar-refractivity contribution >= 4 is 59.9 Å². The lowest BCUT2D eigenvalue weighted by Gasteiger charge is -2.41. The number of ether oxygens (including phenoxy) is 2. The Kier molecular flexibility index (Phi) is 12.9. The Balaban J connectivity index is 1.41. The van der Waals surface area contributed by atoms with Crippen molar-refractivity contribution in [2.45, 2.75) is 154 Å². The number of nitrogens with zero attached hydrogens (tertiary/aromatic N) is 5. The highest BCUT2D eigenvalue weighted by Crippen LogP contribution is 2.43. The number of aromatic nitrogens is 5. The monoisotopic (exact) mass is 842 g/mol. The van der Waals surface area contributed by atoms with Gasteiger partial charge in [-0.2, -0.15) is 5.10 Å². The van der Waals surface area contributed by atoms with Gasteiger partial charge in [-0.25, -0.2) is 9.67 Å². The Bertz CT molecular complexity index is 2190. The molecule has 0 atom stereocenters. The minimum atomic E-state index is -1.88. The first kappa shape index (κ1) is 44.2. The molecule has 1 aliphatic rings. The molecular weight excluding hydrogens is 773 g/mol. The number of imidazole rings is 1. The Morgan fingerprint density at radius 1 is 0.879 bits per heavy atom. The van der Waals surface area contributed by atoms with Crippen molar-refractivity contribution in [3.05, 3.63) is 60.4 Å². The van der Waals surface area contributed by atoms with Crippen molar-refractivity contribution in [1.82, 2.24) is 24.3 Å². The maximum absolute atomic E-state index is 6.95. The average Bonchev–Trinajstić information content (AvgIpc) is 3.68. The van der Waals surface area contributed by atoms with E-state index >= 15 is 0 Å². The van der Waals surface area contributed by atoms with Gasteiger partial charge in [0, 0.05) is 50.2 Å². The predicted octanol–water partition coefficient (Wildman–Crippen LogP) is 11.6. The van der Waals surface area contributed by atoms with Crippen molar-refractivity contribution in [1.29, 1.82) is 0 Å². The van der Waals surface area contributed by atoms with E-state index in [1.807, 2.05) is 16.9 Å². The molecule has 6 rings (SSSR count). The highest BCUT2D eigenvalue weighted by molar-refractivity contribution is 6.76. The van der Waals surface area contributed by atoms with Crippen LogP contribution in [0.1, 0.15) is 92.7 Å². The van der Waals surface area contributed by atoms with Gasteiger partial charge in [-0.1, -0.05) is 73.3 Å². The molecule has 1 N–H and O–H groups in total. The molecule has 1 fully saturated rings. The average molecular weight is 843 g/mol. The zero-order valence-electron chi connectivity index (χ0n) is 37.9. The zero-order chi connectivity index (χ0) is 42.3. The molecule has 0 saturated heterocycles. The molecule has 0 amide bonds. The van der Waals surface area contributed by atoms with Crippen LogP contribution in [-0.2, 0) is 25.9 Å². The third kappa shape index (κ3) is 10.3. The quantitative estimate of drug-likeness (QED) is 0.0822. The largest absolute Gasteiger partial charge is 0.496 e. The number of hydrogen-bond acceptors (Lipinski definition) is 8. The number of anilines is 2. The molecule has 2 aromatic carbocycles. The number of fused-ring (bicyclic) bond motifs is 2. The lowest BCUT2D eigenvalue weighted by Crippen LogP contribution is -2.44. The standard InChI is InChI=1S/C45H70N6O4Si3/c1-43(2,3)56-55-45(7,8)32-16-22-39-37(28-32)47-42(51(39)33-17-19-34(20-18-33)54-58(13,14)44(4,5)6)48-41-35-27-31(36-29-46-24-23-40(36)52-9)15-21-38(35)50(49-41)30-53-25-26-57(10,11)12/h15-16,21-24,27-29,33-34H,17-20,25-26,30,56H2,1-14H3,(H,47,48,49). The van der Waals surface area contributed by atoms with Crippen molar-refractivity contribution in [3.8, 4) is 16.9 Å². The van der Waals surface area contributed by atoms with Crippen molar-refractivity contribution < 1.29 is 18.3 Å². The van der Waals surface area contributed by atoms with Crippen LogP contribution >= 0.6 is 0 Å². The van der Waals surface area contributed by atoms with Gasteiger partial charge in [-0.15, -0.1) is 0 Å². The van der Waals surface area contributed by atoms with Crippen LogP contribution in [0, 0.1) is 0 Å². The van der Waals surface area contributed by atoms with Gasteiger partial charge in [0.25, 0.3) is 0 Å². The normalized spacial score (nSPS) is 17.6. The third-order valence-electron chi connectivity index (χ3n) is 12.0. The van der Waals surface area contributed by atoms with Gasteiger partial charge in [0.2, 0.25) is 5.95 Å². The summed E-state index contributed by atoms with van der Waals surface area (Å²) in [4.78, 5) is 9.81. The Morgan fingerprint density at radius 2 is 1.59 bits per heavy atom. The van der Waals surface area contributed by atoms with Gasteiger partial charge in [-0.05, 0) is 110 Å².